The topological polar surface area (TPSA) is 56.1 Å². The van der Waals surface area contributed by atoms with E-state index >= 15 is 0 Å². The number of pyridine rings is 1. The van der Waals surface area contributed by atoms with E-state index in [9.17, 15) is 0 Å². The van der Waals surface area contributed by atoms with Crippen LogP contribution < -0.4 is 40.6 Å². The Balaban J connectivity index is 0.809. The summed E-state index contributed by atoms with van der Waals surface area (Å²) < 4.78 is 13.3. The Bertz CT molecular complexity index is 3730. The minimum atomic E-state index is -1.68. The smallest absolute Gasteiger partial charge is 0.119 e. The van der Waals surface area contributed by atoms with Crippen LogP contribution in [0.4, 0.5) is 11.4 Å². The monoisotopic (exact) mass is 1600 g/mol. The fraction of sp³-hybridized carbons (Fsp3) is 0.433. The van der Waals surface area contributed by atoms with Crippen LogP contribution in [0.1, 0.15) is 101 Å². The number of unbranched alkanes of at least 4 members (excludes halogenated alkanes) is 2. The van der Waals surface area contributed by atoms with Crippen LogP contribution in [0.3, 0.4) is 0 Å². The third kappa shape index (κ3) is 26.9. The molecule has 1 heterocycles. The number of ether oxygens (including phenoxy) is 2. The summed E-state index contributed by atoms with van der Waals surface area (Å²) in [6.45, 7) is 41.3. The van der Waals surface area contributed by atoms with Gasteiger partial charge in [-0.3, -0.25) is 9.98 Å². The summed E-state index contributed by atoms with van der Waals surface area (Å²) in [4.78, 5) is 15.5. The van der Waals surface area contributed by atoms with Gasteiger partial charge in [-0.2, -0.15) is 0 Å². The predicted molar refractivity (Wildman–Crippen MR) is 508 cm³/mol. The lowest BCUT2D eigenvalue weighted by Gasteiger charge is -2.36. The highest BCUT2D eigenvalue weighted by Crippen LogP contribution is 2.40. The molecule has 0 N–H and O–H groups in total. The summed E-state index contributed by atoms with van der Waals surface area (Å²) in [5.41, 5.74) is 7.51. The molecule has 0 saturated carbocycles. The van der Waals surface area contributed by atoms with Crippen molar-refractivity contribution in [1.82, 2.24) is 4.98 Å². The first-order valence-electron chi connectivity index (χ1n) is 42.5. The molecular formula is C97H139N3O2Si8. The first kappa shape index (κ1) is 87.5. The van der Waals surface area contributed by atoms with Crippen molar-refractivity contribution in [3.8, 4) is 11.5 Å². The fourth-order valence-electron chi connectivity index (χ4n) is 17.7. The zero-order valence-corrected chi connectivity index (χ0v) is 79.1. The van der Waals surface area contributed by atoms with Gasteiger partial charge in [0, 0.05) is 0 Å². The molecular weight excluding hydrogens is 1460 g/mol. The molecule has 9 rings (SSSR count). The zero-order valence-electron chi connectivity index (χ0n) is 71.1. The third-order valence-electron chi connectivity index (χ3n) is 25.5. The van der Waals surface area contributed by atoms with E-state index in [2.05, 4.69) is 343 Å². The highest BCUT2D eigenvalue weighted by Gasteiger charge is 2.38. The number of benzene rings is 8. The number of aryl methyl sites for hydroxylation is 2. The molecule has 5 nitrogen and oxygen atoms in total. The summed E-state index contributed by atoms with van der Waals surface area (Å²) in [5.74, 6) is 1.85. The molecule has 0 amide bonds. The minimum absolute atomic E-state index is 0.738. The number of hydrogen-bond donors (Lipinski definition) is 0. The Labute approximate surface area is 676 Å². The molecule has 0 bridgehead atoms. The van der Waals surface area contributed by atoms with Crippen LogP contribution in [0.2, 0.25) is 163 Å². The molecule has 0 fully saturated rings. The molecule has 0 aliphatic rings. The maximum atomic E-state index is 6.65. The van der Waals surface area contributed by atoms with Gasteiger partial charge in [-0.1, -0.05) is 434 Å². The van der Waals surface area contributed by atoms with Gasteiger partial charge in [0.25, 0.3) is 0 Å². The Hall–Kier alpha value is -6.41. The molecule has 9 aromatic rings. The van der Waals surface area contributed by atoms with Crippen LogP contribution in [-0.4, -0.2) is 94.2 Å². The molecule has 0 aliphatic heterocycles. The van der Waals surface area contributed by atoms with Crippen LogP contribution in [-0.2, 0) is 0 Å². The number of hydrogen-bond acceptors (Lipinski definition) is 5. The van der Waals surface area contributed by atoms with Crippen molar-refractivity contribution in [2.24, 2.45) is 9.98 Å². The van der Waals surface area contributed by atoms with E-state index in [4.69, 9.17) is 24.4 Å². The van der Waals surface area contributed by atoms with Crippen molar-refractivity contribution in [3.05, 3.63) is 259 Å². The van der Waals surface area contributed by atoms with Gasteiger partial charge in [0.15, 0.2) is 0 Å². The van der Waals surface area contributed by atoms with Crippen molar-refractivity contribution in [2.75, 3.05) is 13.2 Å². The molecule has 0 radical (unpaired) electrons. The highest BCUT2D eigenvalue weighted by atomic mass is 28.3. The molecule has 0 unspecified atom stereocenters. The molecule has 110 heavy (non-hydrogen) atoms. The standard InChI is InChI=1S/C97H139N3O2Si8/c1-82-80-86(101-64-35-37-72-109(74-40-66-103(5,6)88-46-23-17-24-47-88,75-41-67-104(7,8)89-48-25-18-26-49-89)76-42-68-105(9,10)90-50-27-19-28-51-90)60-62-94(82)98-84(3)96-58-39-59-97(100-96)85(4)99-95-63-61-87(81-83(95)2)102-65-36-38-73-110(77-43-69-106(11,12)91-52-29-20-30-53-91,78-44-70-107(13,14)92-54-31-21-32-55-92)79-45-71-108(15,16)93-56-33-22-34-57-93/h17-34,39,46-63,80-81H,35-38,40-45,64-79H2,1-16H3. The van der Waals surface area contributed by atoms with Gasteiger partial charge < -0.3 is 9.47 Å². The molecule has 1 aromatic heterocycles. The van der Waals surface area contributed by atoms with E-state index in [1.54, 1.807) is 31.1 Å². The normalized spacial score (nSPS) is 13.1. The summed E-state index contributed by atoms with van der Waals surface area (Å²) in [6, 6.07) is 108. The second kappa shape index (κ2) is 41.6. The third-order valence-corrected chi connectivity index (χ3v) is 57.8. The Kier molecular flexibility index (Phi) is 33.1. The average Bonchev–Trinajstić information content (AvgIpc) is 0.830. The summed E-state index contributed by atoms with van der Waals surface area (Å²) in [6.07, 6.45) is 12.9. The van der Waals surface area contributed by atoms with Crippen molar-refractivity contribution >= 4 is 119 Å². The molecule has 13 heteroatoms. The van der Waals surface area contributed by atoms with Crippen molar-refractivity contribution < 1.29 is 9.47 Å². The van der Waals surface area contributed by atoms with E-state index in [1.165, 1.54) is 136 Å². The van der Waals surface area contributed by atoms with E-state index in [0.29, 0.717) is 0 Å². The van der Waals surface area contributed by atoms with Gasteiger partial charge in [-0.15, -0.1) is 0 Å². The van der Waals surface area contributed by atoms with Crippen molar-refractivity contribution in [1.29, 1.82) is 0 Å². The van der Waals surface area contributed by atoms with Gasteiger partial charge in [-0.05, 0) is 100 Å². The predicted octanol–water partition coefficient (Wildman–Crippen LogP) is 25.2. The summed E-state index contributed by atoms with van der Waals surface area (Å²) in [7, 11) is -12.7. The van der Waals surface area contributed by atoms with Gasteiger partial charge in [0.05, 0.1) is 112 Å². The lowest BCUT2D eigenvalue weighted by molar-refractivity contribution is 0.308. The Morgan fingerprint density at radius 1 is 0.264 bits per heavy atom. The Morgan fingerprint density at radius 3 is 0.718 bits per heavy atom. The number of aliphatic imine (C=N–C) groups is 2. The molecule has 0 atom stereocenters. The average molecular weight is 1600 g/mol. The second-order valence-corrected chi connectivity index (χ2v) is 76.0. The SMILES string of the molecule is CC(=Nc1ccc(OCCCC[Si](CCC[Si](C)(C)c2ccccc2)(CCC[Si](C)(C)c2ccccc2)CCC[Si](C)(C)c2ccccc2)cc1C)c1cccc(C(C)=Nc2ccc(OCCCC[Si](CCC[Si](C)(C)c3ccccc3)(CCC[Si](C)(C)c3ccccc3)CCC[Si](C)(C)c3ccccc3)cc2C)n1. The van der Waals surface area contributed by atoms with Crippen LogP contribution in [0.25, 0.3) is 0 Å². The van der Waals surface area contributed by atoms with E-state index in [-0.39, 0.29) is 0 Å². The maximum Gasteiger partial charge on any atom is 0.119 e. The first-order chi connectivity index (χ1) is 52.6. The minimum Gasteiger partial charge on any atom is -0.494 e. The lowest BCUT2D eigenvalue weighted by Crippen LogP contribution is -2.43. The summed E-state index contributed by atoms with van der Waals surface area (Å²) in [5, 5.41) is 9.65. The number of nitrogens with zero attached hydrogens (tertiary/aromatic N) is 3. The fourth-order valence-corrected chi connectivity index (χ4v) is 45.1. The maximum absolute atomic E-state index is 6.65. The Morgan fingerprint density at radius 2 is 0.491 bits per heavy atom. The van der Waals surface area contributed by atoms with Crippen molar-refractivity contribution in [3.63, 3.8) is 0 Å². The molecule has 0 saturated heterocycles. The quantitative estimate of drug-likeness (QED) is 0.0217. The number of rotatable bonds is 46. The zero-order chi connectivity index (χ0) is 78.7. The highest BCUT2D eigenvalue weighted by molar-refractivity contribution is 6.93. The van der Waals surface area contributed by atoms with Gasteiger partial charge >= 0.3 is 0 Å². The van der Waals surface area contributed by atoms with Gasteiger partial charge in [0.2, 0.25) is 0 Å². The first-order valence-corrected chi connectivity index (χ1v) is 67.4. The van der Waals surface area contributed by atoms with E-state index in [0.717, 1.165) is 82.9 Å². The largest absolute Gasteiger partial charge is 0.494 e. The lowest BCUT2D eigenvalue weighted by atomic mass is 10.1. The van der Waals surface area contributed by atoms with Crippen LogP contribution in [0, 0.1) is 13.8 Å². The van der Waals surface area contributed by atoms with Crippen molar-refractivity contribution in [2.45, 2.75) is 255 Å². The van der Waals surface area contributed by atoms with Gasteiger partial charge in [0.1, 0.15) is 11.5 Å². The molecule has 586 valence electrons. The van der Waals surface area contributed by atoms with Gasteiger partial charge in [-0.25, -0.2) is 4.98 Å². The second-order valence-electron chi connectivity index (χ2n) is 36.9. The van der Waals surface area contributed by atoms with E-state index in [1.807, 2.05) is 0 Å². The summed E-state index contributed by atoms with van der Waals surface area (Å²) >= 11 is 0. The molecule has 0 spiro atoms. The van der Waals surface area contributed by atoms with Crippen LogP contribution >= 0.6 is 0 Å². The van der Waals surface area contributed by atoms with Crippen LogP contribution in [0.15, 0.2) is 247 Å². The van der Waals surface area contributed by atoms with E-state index < -0.39 is 64.6 Å². The van der Waals surface area contributed by atoms with Crippen LogP contribution in [0.5, 0.6) is 11.5 Å². The molecule has 8 aromatic carbocycles. The molecule has 0 aliphatic carbocycles. The number of aromatic nitrogens is 1.